The highest BCUT2D eigenvalue weighted by Gasteiger charge is 2.35. The second kappa shape index (κ2) is 13.6. The summed E-state index contributed by atoms with van der Waals surface area (Å²) in [5.74, 6) is 0.0944. The first-order valence-corrected chi connectivity index (χ1v) is 13.7. The number of aromatic nitrogens is 2. The molecule has 3 aromatic rings. The van der Waals surface area contributed by atoms with Gasteiger partial charge in [-0.25, -0.2) is 9.97 Å². The lowest BCUT2D eigenvalue weighted by Crippen LogP contribution is -2.28. The predicted molar refractivity (Wildman–Crippen MR) is 147 cm³/mol. The van der Waals surface area contributed by atoms with Gasteiger partial charge in [-0.15, -0.1) is 0 Å². The molecule has 0 atom stereocenters. The van der Waals surface area contributed by atoms with Crippen LogP contribution >= 0.6 is 0 Å². The Labute approximate surface area is 227 Å². The molecule has 4 bridgehead atoms. The number of pyridine rings is 2. The van der Waals surface area contributed by atoms with Crippen molar-refractivity contribution in [2.75, 3.05) is 29.9 Å². The van der Waals surface area contributed by atoms with Crippen molar-refractivity contribution in [2.45, 2.75) is 64.0 Å². The monoisotopic (exact) mass is 540 g/mol. The Hall–Kier alpha value is -3.46. The van der Waals surface area contributed by atoms with Crippen LogP contribution in [-0.4, -0.2) is 40.7 Å². The topological polar surface area (TPSA) is 78.4 Å². The van der Waals surface area contributed by atoms with Crippen molar-refractivity contribution in [3.63, 3.8) is 0 Å². The highest BCUT2D eigenvalue weighted by molar-refractivity contribution is 6.02. The molecular weight excluding hydrogens is 505 g/mol. The number of benzene rings is 1. The summed E-state index contributed by atoms with van der Waals surface area (Å²) in [7, 11) is 0. The normalized spacial score (nSPS) is 15.8. The molecule has 0 unspecified atom stereocenters. The van der Waals surface area contributed by atoms with E-state index in [2.05, 4.69) is 20.2 Å². The molecule has 6 nitrogen and oxygen atoms in total. The zero-order chi connectivity index (χ0) is 27.7. The summed E-state index contributed by atoms with van der Waals surface area (Å²) in [6.07, 6.45) is 3.86. The molecule has 0 saturated heterocycles. The number of halogens is 3. The third-order valence-electron chi connectivity index (χ3n) is 6.97. The molecule has 1 aliphatic heterocycles. The van der Waals surface area contributed by atoms with Crippen LogP contribution in [0.4, 0.5) is 24.8 Å². The number of rotatable bonds is 3. The van der Waals surface area contributed by atoms with E-state index < -0.39 is 17.6 Å². The number of hydrogen-bond acceptors (Lipinski definition) is 5. The van der Waals surface area contributed by atoms with Gasteiger partial charge in [0, 0.05) is 25.3 Å². The van der Waals surface area contributed by atoms with Gasteiger partial charge in [0.2, 0.25) is 0 Å². The van der Waals surface area contributed by atoms with E-state index in [9.17, 15) is 23.1 Å². The van der Waals surface area contributed by atoms with E-state index in [-0.39, 0.29) is 23.8 Å². The lowest BCUT2D eigenvalue weighted by Gasteiger charge is -2.24. The van der Waals surface area contributed by atoms with Crippen molar-refractivity contribution in [3.05, 3.63) is 71.4 Å². The lowest BCUT2D eigenvalue weighted by molar-refractivity contribution is -0.137. The molecule has 0 radical (unpaired) electrons. The smallest absolute Gasteiger partial charge is 0.396 e. The van der Waals surface area contributed by atoms with Crippen LogP contribution in [0, 0.1) is 0 Å². The van der Waals surface area contributed by atoms with Gasteiger partial charge in [-0.05, 0) is 55.5 Å². The summed E-state index contributed by atoms with van der Waals surface area (Å²) in [5.41, 5.74) is 0.345. The third-order valence-corrected chi connectivity index (χ3v) is 6.97. The number of aliphatic hydroxyl groups excluding tert-OH is 1. The maximum Gasteiger partial charge on any atom is 0.418 e. The van der Waals surface area contributed by atoms with Crippen molar-refractivity contribution < 1.29 is 23.1 Å². The molecule has 1 aliphatic rings. The van der Waals surface area contributed by atoms with E-state index in [0.29, 0.717) is 30.8 Å². The Morgan fingerprint density at radius 1 is 0.872 bits per heavy atom. The van der Waals surface area contributed by atoms with Gasteiger partial charge in [-0.2, -0.15) is 13.2 Å². The molecule has 1 amide bonds. The second-order valence-corrected chi connectivity index (χ2v) is 9.87. The lowest BCUT2D eigenvalue weighted by atomic mass is 9.95. The molecule has 0 spiro atoms. The van der Waals surface area contributed by atoms with Crippen LogP contribution in [-0.2, 0) is 12.6 Å². The van der Waals surface area contributed by atoms with Gasteiger partial charge >= 0.3 is 6.18 Å². The van der Waals surface area contributed by atoms with Gasteiger partial charge in [-0.3, -0.25) is 4.79 Å². The van der Waals surface area contributed by atoms with Gasteiger partial charge < -0.3 is 15.3 Å². The van der Waals surface area contributed by atoms with Crippen LogP contribution in [0.15, 0.2) is 54.6 Å². The maximum atomic E-state index is 14.0. The molecule has 4 rings (SSSR count). The van der Waals surface area contributed by atoms with Crippen LogP contribution in [0.5, 0.6) is 0 Å². The fourth-order valence-corrected chi connectivity index (χ4v) is 4.94. The molecule has 9 heteroatoms. The summed E-state index contributed by atoms with van der Waals surface area (Å²) in [6.45, 7) is 1.43. The van der Waals surface area contributed by atoms with Crippen LogP contribution in [0.3, 0.4) is 0 Å². The van der Waals surface area contributed by atoms with Crippen molar-refractivity contribution in [1.29, 1.82) is 0 Å². The summed E-state index contributed by atoms with van der Waals surface area (Å²) < 4.78 is 42.0. The highest BCUT2D eigenvalue weighted by Crippen LogP contribution is 2.38. The second-order valence-electron chi connectivity index (χ2n) is 9.87. The van der Waals surface area contributed by atoms with Gasteiger partial charge in [0.1, 0.15) is 17.3 Å². The molecule has 2 aromatic heterocycles. The molecule has 0 fully saturated rings. The first-order valence-electron chi connectivity index (χ1n) is 13.7. The number of anilines is 2. The number of aryl methyl sites for hydroxylation is 1. The number of nitrogens with zero attached hydrogens (tertiary/aromatic N) is 3. The first kappa shape index (κ1) is 28.5. The van der Waals surface area contributed by atoms with Crippen LogP contribution in [0.25, 0.3) is 11.3 Å². The molecular formula is C30H35F3N4O2. The fraction of sp³-hybridized carbons (Fsp3) is 0.433. The van der Waals surface area contributed by atoms with Crippen LogP contribution in [0.2, 0.25) is 0 Å². The Kier molecular flexibility index (Phi) is 9.92. The fourth-order valence-electron chi connectivity index (χ4n) is 4.94. The minimum absolute atomic E-state index is 0.0246. The van der Waals surface area contributed by atoms with E-state index >= 15 is 0 Å². The quantitative estimate of drug-likeness (QED) is 0.378. The van der Waals surface area contributed by atoms with E-state index in [0.717, 1.165) is 63.1 Å². The Morgan fingerprint density at radius 3 is 2.38 bits per heavy atom. The van der Waals surface area contributed by atoms with Crippen molar-refractivity contribution in [2.24, 2.45) is 0 Å². The number of amides is 1. The zero-order valence-electron chi connectivity index (χ0n) is 22.0. The Balaban J connectivity index is 1.71. The number of fused-ring (bicyclic) bond motifs is 6. The minimum atomic E-state index is -4.60. The number of aliphatic hydroxyl groups is 1. The van der Waals surface area contributed by atoms with E-state index in [1.807, 2.05) is 18.2 Å². The maximum absolute atomic E-state index is 14.0. The van der Waals surface area contributed by atoms with Crippen molar-refractivity contribution in [1.82, 2.24) is 9.97 Å². The number of carbonyl (C=O) groups excluding carboxylic acids is 1. The largest absolute Gasteiger partial charge is 0.418 e. The summed E-state index contributed by atoms with van der Waals surface area (Å²) >= 11 is 0. The number of carbonyl (C=O) groups is 1. The number of alkyl halides is 3. The zero-order valence-corrected chi connectivity index (χ0v) is 22.0. The van der Waals surface area contributed by atoms with Crippen LogP contribution < -0.4 is 10.2 Å². The van der Waals surface area contributed by atoms with Crippen molar-refractivity contribution >= 4 is 17.5 Å². The van der Waals surface area contributed by atoms with E-state index in [1.165, 1.54) is 6.07 Å². The highest BCUT2D eigenvalue weighted by atomic mass is 19.4. The molecule has 39 heavy (non-hydrogen) atoms. The summed E-state index contributed by atoms with van der Waals surface area (Å²) in [6, 6.07) is 14.3. The van der Waals surface area contributed by atoms with Crippen LogP contribution in [0.1, 0.15) is 73.0 Å². The van der Waals surface area contributed by atoms with Gasteiger partial charge in [-0.1, -0.05) is 62.4 Å². The van der Waals surface area contributed by atoms with Crippen molar-refractivity contribution in [3.8, 4) is 11.3 Å². The average molecular weight is 541 g/mol. The third kappa shape index (κ3) is 7.79. The summed E-state index contributed by atoms with van der Waals surface area (Å²) in [4.78, 5) is 24.0. The molecule has 0 saturated carbocycles. The molecule has 0 aliphatic carbocycles. The molecule has 1 aromatic carbocycles. The number of hydrogen-bond donors (Lipinski definition) is 2. The molecule has 2 N–H and O–H groups in total. The van der Waals surface area contributed by atoms with E-state index in [4.69, 9.17) is 0 Å². The SMILES string of the molecule is O=C1Nc2ccc(C(F)(F)F)c(n2)-c2ccccc2CCCCCCCCCN(CCCO)c2cccc1n2. The predicted octanol–water partition coefficient (Wildman–Crippen LogP) is 6.89. The molecule has 208 valence electrons. The molecule has 3 heterocycles. The standard InChI is InChI=1S/C30H35F3N4O2/c31-30(32,33)24-17-18-26-35-28(24)23-14-8-7-13-22(23)12-6-4-2-1-3-5-9-19-37(20-11-21-38)27-16-10-15-25(34-27)29(39)36-26/h7-8,10,13-18,38H,1-6,9,11-12,19-21H2,(H,35,36,39). The first-order chi connectivity index (χ1) is 18.9. The summed E-state index contributed by atoms with van der Waals surface area (Å²) in [5, 5.41) is 12.0. The number of nitrogens with one attached hydrogen (secondary N) is 1. The van der Waals surface area contributed by atoms with Gasteiger partial charge in [0.25, 0.3) is 5.91 Å². The van der Waals surface area contributed by atoms with Gasteiger partial charge in [0.05, 0.1) is 11.3 Å². The Morgan fingerprint density at radius 2 is 1.62 bits per heavy atom. The average Bonchev–Trinajstić information content (AvgIpc) is 2.93. The minimum Gasteiger partial charge on any atom is -0.396 e. The van der Waals surface area contributed by atoms with E-state index in [1.54, 1.807) is 24.3 Å². The Bertz CT molecular complexity index is 1250. The van der Waals surface area contributed by atoms with Gasteiger partial charge in [0.15, 0.2) is 0 Å².